The lowest BCUT2D eigenvalue weighted by Crippen LogP contribution is -2.34. The number of sulfone groups is 1. The lowest BCUT2D eigenvalue weighted by Gasteiger charge is -2.22. The molecule has 1 aliphatic carbocycles. The van der Waals surface area contributed by atoms with Crippen molar-refractivity contribution in [1.82, 2.24) is 0 Å². The number of aliphatic hydroxyl groups is 2. The van der Waals surface area contributed by atoms with Crippen LogP contribution in [0, 0.1) is 0 Å². The zero-order valence-electron chi connectivity index (χ0n) is 12.5. The Morgan fingerprint density at radius 3 is 2.57 bits per heavy atom. The van der Waals surface area contributed by atoms with Crippen molar-refractivity contribution in [2.45, 2.75) is 62.0 Å². The number of hydrogen-bond donors (Lipinski definition) is 2. The van der Waals surface area contributed by atoms with E-state index in [1.165, 1.54) is 12.1 Å². The van der Waals surface area contributed by atoms with E-state index >= 15 is 0 Å². The fourth-order valence-corrected chi connectivity index (χ4v) is 4.73. The van der Waals surface area contributed by atoms with Crippen LogP contribution in [0.2, 0.25) is 0 Å². The Labute approximate surface area is 126 Å². The highest BCUT2D eigenvalue weighted by Gasteiger charge is 2.36. The standard InChI is InChI=1S/C16H24O4S/c1-2-6-15(17)13-7-5-8-14(11-13)21(19,20)12-16(18)9-3-4-10-16/h5,7-8,11,15,17-18H,2-4,6,9-10,12H2,1H3. The summed E-state index contributed by atoms with van der Waals surface area (Å²) < 4.78 is 25.0. The van der Waals surface area contributed by atoms with Crippen LogP contribution in [-0.2, 0) is 9.84 Å². The number of benzene rings is 1. The average molecular weight is 312 g/mol. The summed E-state index contributed by atoms with van der Waals surface area (Å²) in [7, 11) is -3.53. The molecule has 1 aromatic rings. The van der Waals surface area contributed by atoms with E-state index in [0.29, 0.717) is 24.8 Å². The average Bonchev–Trinajstić information content (AvgIpc) is 2.85. The van der Waals surface area contributed by atoms with Crippen molar-refractivity contribution in [2.75, 3.05) is 5.75 Å². The molecule has 0 spiro atoms. The van der Waals surface area contributed by atoms with Crippen molar-refractivity contribution in [3.05, 3.63) is 29.8 Å². The third-order valence-corrected chi connectivity index (χ3v) is 6.05. The van der Waals surface area contributed by atoms with Gasteiger partial charge in [-0.3, -0.25) is 0 Å². The van der Waals surface area contributed by atoms with E-state index in [1.807, 2.05) is 6.92 Å². The maximum absolute atomic E-state index is 12.5. The first-order valence-corrected chi connectivity index (χ1v) is 9.25. The van der Waals surface area contributed by atoms with Gasteiger partial charge >= 0.3 is 0 Å². The topological polar surface area (TPSA) is 74.6 Å². The molecule has 0 bridgehead atoms. The van der Waals surface area contributed by atoms with Crippen LogP contribution < -0.4 is 0 Å². The van der Waals surface area contributed by atoms with Gasteiger partial charge in [-0.1, -0.05) is 38.3 Å². The largest absolute Gasteiger partial charge is 0.389 e. The van der Waals surface area contributed by atoms with Gasteiger partial charge in [0.05, 0.1) is 22.4 Å². The fourth-order valence-electron chi connectivity index (χ4n) is 2.97. The van der Waals surface area contributed by atoms with Gasteiger partial charge in [0.2, 0.25) is 0 Å². The third-order valence-electron chi connectivity index (χ3n) is 4.16. The molecule has 2 N–H and O–H groups in total. The van der Waals surface area contributed by atoms with Crippen LogP contribution in [0.3, 0.4) is 0 Å². The number of hydrogen-bond acceptors (Lipinski definition) is 4. The van der Waals surface area contributed by atoms with Gasteiger partial charge in [-0.15, -0.1) is 0 Å². The molecule has 2 rings (SSSR count). The van der Waals surface area contributed by atoms with Crippen molar-refractivity contribution >= 4 is 9.84 Å². The summed E-state index contributed by atoms with van der Waals surface area (Å²) in [6, 6.07) is 6.47. The zero-order valence-corrected chi connectivity index (χ0v) is 13.3. The first-order chi connectivity index (χ1) is 9.86. The van der Waals surface area contributed by atoms with Crippen molar-refractivity contribution < 1.29 is 18.6 Å². The summed E-state index contributed by atoms with van der Waals surface area (Å²) in [6.07, 6.45) is 3.64. The van der Waals surface area contributed by atoms with Gasteiger partial charge in [-0.05, 0) is 37.0 Å². The predicted molar refractivity (Wildman–Crippen MR) is 81.8 cm³/mol. The van der Waals surface area contributed by atoms with Crippen LogP contribution >= 0.6 is 0 Å². The highest BCUT2D eigenvalue weighted by Crippen LogP contribution is 2.32. The SMILES string of the molecule is CCCC(O)c1cccc(S(=O)(=O)CC2(O)CCCC2)c1. The van der Waals surface area contributed by atoms with E-state index in [0.717, 1.165) is 19.3 Å². The zero-order chi connectivity index (χ0) is 15.5. The molecule has 0 aliphatic heterocycles. The normalized spacial score (nSPS) is 19.6. The summed E-state index contributed by atoms with van der Waals surface area (Å²) in [5.41, 5.74) is -0.465. The van der Waals surface area contributed by atoms with E-state index in [1.54, 1.807) is 12.1 Å². The van der Waals surface area contributed by atoms with Crippen LogP contribution in [0.1, 0.15) is 57.1 Å². The second kappa shape index (κ2) is 6.46. The lowest BCUT2D eigenvalue weighted by atomic mass is 10.1. The van der Waals surface area contributed by atoms with E-state index in [-0.39, 0.29) is 10.6 Å². The summed E-state index contributed by atoms with van der Waals surface area (Å²) >= 11 is 0. The van der Waals surface area contributed by atoms with Gasteiger partial charge in [-0.2, -0.15) is 0 Å². The maximum atomic E-state index is 12.5. The first kappa shape index (κ1) is 16.5. The molecule has 0 aromatic heterocycles. The number of aliphatic hydroxyl groups excluding tert-OH is 1. The van der Waals surface area contributed by atoms with E-state index in [2.05, 4.69) is 0 Å². The molecule has 1 atom stereocenters. The molecule has 0 saturated heterocycles. The van der Waals surface area contributed by atoms with Crippen molar-refractivity contribution in [3.8, 4) is 0 Å². The van der Waals surface area contributed by atoms with Crippen molar-refractivity contribution in [2.24, 2.45) is 0 Å². The second-order valence-corrected chi connectivity index (χ2v) is 8.06. The van der Waals surface area contributed by atoms with Crippen LogP contribution in [0.4, 0.5) is 0 Å². The Balaban J connectivity index is 2.22. The molecule has 5 heteroatoms. The van der Waals surface area contributed by atoms with E-state index < -0.39 is 21.5 Å². The van der Waals surface area contributed by atoms with Gasteiger partial charge in [0, 0.05) is 0 Å². The molecule has 0 amide bonds. The lowest BCUT2D eigenvalue weighted by molar-refractivity contribution is 0.0714. The molecule has 1 aromatic carbocycles. The van der Waals surface area contributed by atoms with Gasteiger partial charge in [0.25, 0.3) is 0 Å². The van der Waals surface area contributed by atoms with E-state index in [9.17, 15) is 18.6 Å². The van der Waals surface area contributed by atoms with Crippen LogP contribution in [-0.4, -0.2) is 30.0 Å². The molecule has 1 fully saturated rings. The molecule has 118 valence electrons. The maximum Gasteiger partial charge on any atom is 0.181 e. The monoisotopic (exact) mass is 312 g/mol. The summed E-state index contributed by atoms with van der Waals surface area (Å²) in [5.74, 6) is -0.229. The van der Waals surface area contributed by atoms with Crippen molar-refractivity contribution in [3.63, 3.8) is 0 Å². The third kappa shape index (κ3) is 4.05. The van der Waals surface area contributed by atoms with Crippen LogP contribution in [0.15, 0.2) is 29.2 Å². The van der Waals surface area contributed by atoms with Gasteiger partial charge < -0.3 is 10.2 Å². The summed E-state index contributed by atoms with van der Waals surface area (Å²) in [5, 5.41) is 20.3. The Kier molecular flexibility index (Phi) is 5.07. The van der Waals surface area contributed by atoms with Crippen LogP contribution in [0.25, 0.3) is 0 Å². The Hall–Kier alpha value is -0.910. The predicted octanol–water partition coefficient (Wildman–Crippen LogP) is 2.60. The van der Waals surface area contributed by atoms with E-state index in [4.69, 9.17) is 0 Å². The molecule has 1 aliphatic rings. The molecular weight excluding hydrogens is 288 g/mol. The minimum atomic E-state index is -3.53. The molecule has 21 heavy (non-hydrogen) atoms. The van der Waals surface area contributed by atoms with Crippen molar-refractivity contribution in [1.29, 1.82) is 0 Å². The van der Waals surface area contributed by atoms with Gasteiger partial charge in [-0.25, -0.2) is 8.42 Å². The molecule has 0 heterocycles. The Bertz CT molecular complexity index is 574. The molecule has 1 unspecified atom stereocenters. The molecule has 1 saturated carbocycles. The Morgan fingerprint density at radius 1 is 1.29 bits per heavy atom. The van der Waals surface area contributed by atoms with Crippen LogP contribution in [0.5, 0.6) is 0 Å². The minimum Gasteiger partial charge on any atom is -0.389 e. The van der Waals surface area contributed by atoms with Gasteiger partial charge in [0.1, 0.15) is 0 Å². The fraction of sp³-hybridized carbons (Fsp3) is 0.625. The highest BCUT2D eigenvalue weighted by atomic mass is 32.2. The molecule has 0 radical (unpaired) electrons. The Morgan fingerprint density at radius 2 is 1.95 bits per heavy atom. The second-order valence-electron chi connectivity index (χ2n) is 6.07. The smallest absolute Gasteiger partial charge is 0.181 e. The summed E-state index contributed by atoms with van der Waals surface area (Å²) in [4.78, 5) is 0.190. The summed E-state index contributed by atoms with van der Waals surface area (Å²) in [6.45, 7) is 1.97. The quantitative estimate of drug-likeness (QED) is 0.846. The highest BCUT2D eigenvalue weighted by molar-refractivity contribution is 7.91. The number of rotatable bonds is 6. The molecule has 4 nitrogen and oxygen atoms in total. The molecular formula is C16H24O4S. The van der Waals surface area contributed by atoms with Gasteiger partial charge in [0.15, 0.2) is 9.84 Å². The minimum absolute atomic E-state index is 0.190. The first-order valence-electron chi connectivity index (χ1n) is 7.59.